The fourth-order valence-electron chi connectivity index (χ4n) is 2.74. The van der Waals surface area contributed by atoms with Crippen LogP contribution in [0.15, 0.2) is 18.2 Å². The van der Waals surface area contributed by atoms with E-state index in [1.165, 1.54) is 36.0 Å². The highest BCUT2D eigenvalue weighted by molar-refractivity contribution is 5.33. The second-order valence-corrected chi connectivity index (χ2v) is 5.73. The highest BCUT2D eigenvalue weighted by Crippen LogP contribution is 2.26. The van der Waals surface area contributed by atoms with Crippen LogP contribution in [0.25, 0.3) is 0 Å². The Morgan fingerprint density at radius 1 is 1.33 bits per heavy atom. The first-order valence-corrected chi connectivity index (χ1v) is 7.06. The van der Waals surface area contributed by atoms with Crippen molar-refractivity contribution in [3.63, 3.8) is 0 Å². The maximum Gasteiger partial charge on any atom is 0.0449 e. The van der Waals surface area contributed by atoms with Gasteiger partial charge in [0.15, 0.2) is 0 Å². The van der Waals surface area contributed by atoms with E-state index in [-0.39, 0.29) is 0 Å². The second-order valence-electron chi connectivity index (χ2n) is 5.73. The number of aryl methyl sites for hydroxylation is 2. The molecule has 1 unspecified atom stereocenters. The van der Waals surface area contributed by atoms with Crippen LogP contribution in [0.5, 0.6) is 0 Å². The van der Waals surface area contributed by atoms with Crippen LogP contribution in [-0.2, 0) is 0 Å². The van der Waals surface area contributed by atoms with Crippen molar-refractivity contribution in [3.05, 3.63) is 34.9 Å². The van der Waals surface area contributed by atoms with Crippen molar-refractivity contribution in [2.75, 3.05) is 20.6 Å². The van der Waals surface area contributed by atoms with Crippen molar-refractivity contribution in [2.24, 2.45) is 0 Å². The molecule has 2 rings (SSSR count). The van der Waals surface area contributed by atoms with E-state index in [9.17, 15) is 0 Å². The van der Waals surface area contributed by atoms with Gasteiger partial charge in [-0.15, -0.1) is 0 Å². The molecule has 1 N–H and O–H groups in total. The SMILES string of the molecule is CNC(CN(C)C1CCC1)c1cc(C)ccc1C. The highest BCUT2D eigenvalue weighted by Gasteiger charge is 2.24. The Hall–Kier alpha value is -0.860. The Morgan fingerprint density at radius 3 is 2.61 bits per heavy atom. The van der Waals surface area contributed by atoms with Gasteiger partial charge in [0.2, 0.25) is 0 Å². The first-order chi connectivity index (χ1) is 8.61. The molecule has 1 aliphatic carbocycles. The van der Waals surface area contributed by atoms with Crippen LogP contribution in [0.1, 0.15) is 42.0 Å². The van der Waals surface area contributed by atoms with E-state index in [1.807, 2.05) is 0 Å². The van der Waals surface area contributed by atoms with Crippen LogP contribution in [0.4, 0.5) is 0 Å². The lowest BCUT2D eigenvalue weighted by atomic mass is 9.91. The minimum absolute atomic E-state index is 0.440. The summed E-state index contributed by atoms with van der Waals surface area (Å²) >= 11 is 0. The van der Waals surface area contributed by atoms with E-state index in [2.05, 4.69) is 56.4 Å². The summed E-state index contributed by atoms with van der Waals surface area (Å²) in [6.07, 6.45) is 4.15. The molecule has 0 saturated heterocycles. The van der Waals surface area contributed by atoms with Crippen molar-refractivity contribution in [2.45, 2.75) is 45.2 Å². The molecule has 1 aliphatic rings. The van der Waals surface area contributed by atoms with Gasteiger partial charge in [-0.25, -0.2) is 0 Å². The van der Waals surface area contributed by atoms with Gasteiger partial charge >= 0.3 is 0 Å². The fourth-order valence-corrected chi connectivity index (χ4v) is 2.74. The van der Waals surface area contributed by atoms with Crippen LogP contribution >= 0.6 is 0 Å². The Balaban J connectivity index is 2.09. The third-order valence-corrected chi connectivity index (χ3v) is 4.33. The maximum atomic E-state index is 3.48. The van der Waals surface area contributed by atoms with E-state index in [1.54, 1.807) is 0 Å². The number of nitrogens with one attached hydrogen (secondary N) is 1. The summed E-state index contributed by atoms with van der Waals surface area (Å²) in [5, 5.41) is 3.48. The lowest BCUT2D eigenvalue weighted by Crippen LogP contribution is -2.41. The minimum Gasteiger partial charge on any atom is -0.312 e. The standard InChI is InChI=1S/C16H26N2/c1-12-8-9-13(2)15(10-12)16(17-3)11-18(4)14-6-5-7-14/h8-10,14,16-17H,5-7,11H2,1-4H3. The molecule has 0 heterocycles. The zero-order valence-corrected chi connectivity index (χ0v) is 12.2. The van der Waals surface area contributed by atoms with E-state index in [0.29, 0.717) is 6.04 Å². The first kappa shape index (κ1) is 13.6. The Morgan fingerprint density at radius 2 is 2.06 bits per heavy atom. The van der Waals surface area contributed by atoms with Gasteiger partial charge in [-0.05, 0) is 51.9 Å². The maximum absolute atomic E-state index is 3.48. The predicted molar refractivity (Wildman–Crippen MR) is 78.0 cm³/mol. The molecule has 18 heavy (non-hydrogen) atoms. The minimum atomic E-state index is 0.440. The van der Waals surface area contributed by atoms with Crippen molar-refractivity contribution >= 4 is 0 Å². The molecule has 0 bridgehead atoms. The zero-order valence-electron chi connectivity index (χ0n) is 12.2. The lowest BCUT2D eigenvalue weighted by molar-refractivity contribution is 0.146. The van der Waals surface area contributed by atoms with Crippen molar-refractivity contribution in [1.82, 2.24) is 10.2 Å². The Labute approximate surface area is 111 Å². The average molecular weight is 246 g/mol. The monoisotopic (exact) mass is 246 g/mol. The second kappa shape index (κ2) is 5.85. The molecule has 1 fully saturated rings. The molecule has 1 aromatic carbocycles. The van der Waals surface area contributed by atoms with Gasteiger partial charge in [-0.3, -0.25) is 0 Å². The number of rotatable bonds is 5. The van der Waals surface area contributed by atoms with Gasteiger partial charge in [0.25, 0.3) is 0 Å². The van der Waals surface area contributed by atoms with Gasteiger partial charge in [0, 0.05) is 18.6 Å². The summed E-state index contributed by atoms with van der Waals surface area (Å²) in [6.45, 7) is 5.49. The van der Waals surface area contributed by atoms with Crippen LogP contribution in [-0.4, -0.2) is 31.6 Å². The predicted octanol–water partition coefficient (Wildman–Crippen LogP) is 3.05. The molecule has 0 amide bonds. The van der Waals surface area contributed by atoms with E-state index in [0.717, 1.165) is 12.6 Å². The molecule has 0 aromatic heterocycles. The average Bonchev–Trinajstić information content (AvgIpc) is 2.27. The number of benzene rings is 1. The van der Waals surface area contributed by atoms with Crippen LogP contribution in [0.2, 0.25) is 0 Å². The number of nitrogens with zero attached hydrogens (tertiary/aromatic N) is 1. The van der Waals surface area contributed by atoms with Crippen molar-refractivity contribution < 1.29 is 0 Å². The summed E-state index contributed by atoms with van der Waals surface area (Å²) in [5.74, 6) is 0. The lowest BCUT2D eigenvalue weighted by Gasteiger charge is -2.37. The summed E-state index contributed by atoms with van der Waals surface area (Å²) in [6, 6.07) is 8.01. The third-order valence-electron chi connectivity index (χ3n) is 4.33. The molecule has 0 radical (unpaired) electrons. The zero-order chi connectivity index (χ0) is 13.1. The van der Waals surface area contributed by atoms with Crippen LogP contribution < -0.4 is 5.32 Å². The van der Waals surface area contributed by atoms with Crippen molar-refractivity contribution in [3.8, 4) is 0 Å². The quantitative estimate of drug-likeness (QED) is 0.859. The van der Waals surface area contributed by atoms with E-state index < -0.39 is 0 Å². The van der Waals surface area contributed by atoms with Gasteiger partial charge in [-0.2, -0.15) is 0 Å². The summed E-state index contributed by atoms with van der Waals surface area (Å²) in [7, 11) is 4.33. The first-order valence-electron chi connectivity index (χ1n) is 7.06. The highest BCUT2D eigenvalue weighted by atomic mass is 15.2. The number of hydrogen-bond donors (Lipinski definition) is 1. The van der Waals surface area contributed by atoms with Gasteiger partial charge in [0.1, 0.15) is 0 Å². The molecule has 100 valence electrons. The fraction of sp³-hybridized carbons (Fsp3) is 0.625. The van der Waals surface area contributed by atoms with Gasteiger partial charge in [-0.1, -0.05) is 30.2 Å². The number of likely N-dealkylation sites (N-methyl/N-ethyl adjacent to an activating group) is 2. The van der Waals surface area contributed by atoms with E-state index in [4.69, 9.17) is 0 Å². The van der Waals surface area contributed by atoms with Gasteiger partial charge in [0.05, 0.1) is 0 Å². The summed E-state index contributed by atoms with van der Waals surface area (Å²) in [5.41, 5.74) is 4.19. The molecule has 0 aliphatic heterocycles. The number of hydrogen-bond acceptors (Lipinski definition) is 2. The molecule has 2 nitrogen and oxygen atoms in total. The summed E-state index contributed by atoms with van der Waals surface area (Å²) in [4.78, 5) is 2.52. The molecule has 0 spiro atoms. The van der Waals surface area contributed by atoms with Crippen LogP contribution in [0, 0.1) is 13.8 Å². The normalized spacial score (nSPS) is 17.8. The Kier molecular flexibility index (Phi) is 4.41. The van der Waals surface area contributed by atoms with E-state index >= 15 is 0 Å². The Bertz CT molecular complexity index is 396. The molecule has 1 saturated carbocycles. The smallest absolute Gasteiger partial charge is 0.0449 e. The molecule has 1 atom stereocenters. The molecular weight excluding hydrogens is 220 g/mol. The molecule has 2 heteroatoms. The molecule has 1 aromatic rings. The molecular formula is C16H26N2. The van der Waals surface area contributed by atoms with Gasteiger partial charge < -0.3 is 10.2 Å². The topological polar surface area (TPSA) is 15.3 Å². The van der Waals surface area contributed by atoms with Crippen molar-refractivity contribution in [1.29, 1.82) is 0 Å². The summed E-state index contributed by atoms with van der Waals surface area (Å²) < 4.78 is 0. The largest absolute Gasteiger partial charge is 0.312 e. The van der Waals surface area contributed by atoms with Crippen LogP contribution in [0.3, 0.4) is 0 Å². The third kappa shape index (κ3) is 2.93.